The summed E-state index contributed by atoms with van der Waals surface area (Å²) in [5, 5.41) is 0.466. The molecule has 0 aliphatic rings. The van der Waals surface area contributed by atoms with E-state index in [9.17, 15) is 9.18 Å². The summed E-state index contributed by atoms with van der Waals surface area (Å²) in [6.07, 6.45) is 0. The van der Waals surface area contributed by atoms with Gasteiger partial charge in [0.15, 0.2) is 0 Å². The van der Waals surface area contributed by atoms with Crippen LogP contribution in [0.5, 0.6) is 0 Å². The minimum absolute atomic E-state index is 0.285. The van der Waals surface area contributed by atoms with E-state index in [1.54, 1.807) is 24.3 Å². The summed E-state index contributed by atoms with van der Waals surface area (Å²) in [7, 11) is 0. The molecule has 0 fully saturated rings. The third-order valence-electron chi connectivity index (χ3n) is 2.93. The topological polar surface area (TPSA) is 46.3 Å². The van der Waals surface area contributed by atoms with Gasteiger partial charge in [0.25, 0.3) is 5.91 Å². The Balaban J connectivity index is 2.39. The summed E-state index contributed by atoms with van der Waals surface area (Å²) in [5.74, 6) is -0.676. The number of anilines is 2. The van der Waals surface area contributed by atoms with Gasteiger partial charge in [0.2, 0.25) is 0 Å². The Morgan fingerprint density at radius 1 is 1.30 bits per heavy atom. The van der Waals surface area contributed by atoms with E-state index in [-0.39, 0.29) is 5.91 Å². The van der Waals surface area contributed by atoms with Crippen LogP contribution in [0.4, 0.5) is 15.8 Å². The lowest BCUT2D eigenvalue weighted by atomic mass is 10.1. The monoisotopic (exact) mass is 292 g/mol. The highest BCUT2D eigenvalue weighted by atomic mass is 35.5. The van der Waals surface area contributed by atoms with Gasteiger partial charge in [-0.1, -0.05) is 17.7 Å². The van der Waals surface area contributed by atoms with Gasteiger partial charge in [0, 0.05) is 22.9 Å². The van der Waals surface area contributed by atoms with Crippen LogP contribution in [0, 0.1) is 5.82 Å². The molecule has 0 aliphatic carbocycles. The van der Waals surface area contributed by atoms with Crippen molar-refractivity contribution < 1.29 is 9.18 Å². The lowest BCUT2D eigenvalue weighted by molar-refractivity contribution is 0.0989. The molecule has 20 heavy (non-hydrogen) atoms. The fourth-order valence-corrected chi connectivity index (χ4v) is 2.14. The first-order chi connectivity index (χ1) is 9.52. The van der Waals surface area contributed by atoms with Crippen LogP contribution < -0.4 is 10.6 Å². The third-order valence-corrected chi connectivity index (χ3v) is 3.16. The molecule has 0 radical (unpaired) electrons. The number of hydrogen-bond acceptors (Lipinski definition) is 2. The Labute approximate surface area is 121 Å². The summed E-state index contributed by atoms with van der Waals surface area (Å²) >= 11 is 5.82. The van der Waals surface area contributed by atoms with E-state index in [1.807, 2.05) is 6.92 Å². The Bertz CT molecular complexity index is 646. The minimum atomic E-state index is -0.391. The van der Waals surface area contributed by atoms with Crippen molar-refractivity contribution in [2.45, 2.75) is 6.92 Å². The minimum Gasteiger partial charge on any atom is -0.398 e. The van der Waals surface area contributed by atoms with Gasteiger partial charge >= 0.3 is 0 Å². The van der Waals surface area contributed by atoms with Gasteiger partial charge in [0.1, 0.15) is 5.82 Å². The number of nitrogen functional groups attached to an aromatic ring is 1. The number of halogens is 2. The van der Waals surface area contributed by atoms with E-state index < -0.39 is 5.82 Å². The molecule has 0 saturated carbocycles. The zero-order chi connectivity index (χ0) is 14.7. The van der Waals surface area contributed by atoms with Gasteiger partial charge in [-0.2, -0.15) is 0 Å². The molecule has 1 amide bonds. The van der Waals surface area contributed by atoms with E-state index in [1.165, 1.54) is 23.1 Å². The highest BCUT2D eigenvalue weighted by Gasteiger charge is 2.18. The molecule has 2 N–H and O–H groups in total. The maximum atomic E-state index is 13.3. The molecule has 0 aliphatic heterocycles. The molecule has 0 unspecified atom stereocenters. The molecule has 2 rings (SSSR count). The summed E-state index contributed by atoms with van der Waals surface area (Å²) in [4.78, 5) is 14.0. The van der Waals surface area contributed by atoms with Crippen LogP contribution >= 0.6 is 11.6 Å². The smallest absolute Gasteiger partial charge is 0.260 e. The van der Waals surface area contributed by atoms with Gasteiger partial charge in [-0.05, 0) is 43.3 Å². The lowest BCUT2D eigenvalue weighted by Gasteiger charge is -2.22. The first-order valence-corrected chi connectivity index (χ1v) is 6.53. The Hall–Kier alpha value is -2.07. The quantitative estimate of drug-likeness (QED) is 0.876. The first kappa shape index (κ1) is 14.3. The van der Waals surface area contributed by atoms with Crippen LogP contribution in [0.2, 0.25) is 5.02 Å². The van der Waals surface area contributed by atoms with Crippen LogP contribution in [0.3, 0.4) is 0 Å². The molecule has 0 heterocycles. The van der Waals surface area contributed by atoms with Crippen molar-refractivity contribution in [3.05, 3.63) is 58.9 Å². The number of nitrogens with zero attached hydrogens (tertiary/aromatic N) is 1. The summed E-state index contributed by atoms with van der Waals surface area (Å²) in [6.45, 7) is 2.22. The number of rotatable bonds is 3. The number of nitrogens with two attached hydrogens (primary N) is 1. The SMILES string of the molecule is CCN(C(=O)c1ccc(Cl)cc1N)c1cccc(F)c1. The maximum Gasteiger partial charge on any atom is 0.260 e. The number of carbonyl (C=O) groups is 1. The second-order valence-corrected chi connectivity index (χ2v) is 4.70. The molecule has 0 spiro atoms. The molecule has 0 aromatic heterocycles. The van der Waals surface area contributed by atoms with E-state index in [0.717, 1.165) is 0 Å². The highest BCUT2D eigenvalue weighted by molar-refractivity contribution is 6.31. The van der Waals surface area contributed by atoms with Crippen molar-refractivity contribution in [1.29, 1.82) is 0 Å². The second-order valence-electron chi connectivity index (χ2n) is 4.26. The third kappa shape index (κ3) is 2.91. The summed E-state index contributed by atoms with van der Waals surface area (Å²) in [6, 6.07) is 10.6. The van der Waals surface area contributed by atoms with E-state index in [4.69, 9.17) is 17.3 Å². The number of amides is 1. The lowest BCUT2D eigenvalue weighted by Crippen LogP contribution is -2.31. The Morgan fingerprint density at radius 3 is 2.65 bits per heavy atom. The maximum absolute atomic E-state index is 13.3. The van der Waals surface area contributed by atoms with Crippen molar-refractivity contribution in [3.63, 3.8) is 0 Å². The number of carbonyl (C=O) groups excluding carboxylic acids is 1. The molecule has 0 saturated heterocycles. The molecule has 0 bridgehead atoms. The first-order valence-electron chi connectivity index (χ1n) is 6.15. The number of benzene rings is 2. The second kappa shape index (κ2) is 5.92. The average Bonchev–Trinajstić information content (AvgIpc) is 2.39. The number of hydrogen-bond donors (Lipinski definition) is 1. The zero-order valence-corrected chi connectivity index (χ0v) is 11.7. The van der Waals surface area contributed by atoms with Crippen LogP contribution in [0.25, 0.3) is 0 Å². The van der Waals surface area contributed by atoms with Crippen LogP contribution in [-0.2, 0) is 0 Å². The van der Waals surface area contributed by atoms with Gasteiger partial charge in [-0.15, -0.1) is 0 Å². The van der Waals surface area contributed by atoms with Gasteiger partial charge in [-0.25, -0.2) is 4.39 Å². The van der Waals surface area contributed by atoms with Gasteiger partial charge in [0.05, 0.1) is 5.56 Å². The molecule has 3 nitrogen and oxygen atoms in total. The molecular weight excluding hydrogens is 279 g/mol. The van der Waals surface area contributed by atoms with Crippen LogP contribution in [0.1, 0.15) is 17.3 Å². The summed E-state index contributed by atoms with van der Waals surface area (Å²) < 4.78 is 13.3. The standard InChI is InChI=1S/C15H14ClFN2O/c1-2-19(12-5-3-4-11(17)9-12)15(20)13-7-6-10(16)8-14(13)18/h3-9H,2,18H2,1H3. The van der Waals surface area contributed by atoms with Crippen LogP contribution in [0.15, 0.2) is 42.5 Å². The highest BCUT2D eigenvalue weighted by Crippen LogP contribution is 2.23. The van der Waals surface area contributed by atoms with Gasteiger partial charge in [-0.3, -0.25) is 4.79 Å². The van der Waals surface area contributed by atoms with Crippen molar-refractivity contribution >= 4 is 28.9 Å². The van der Waals surface area contributed by atoms with Crippen molar-refractivity contribution in [2.24, 2.45) is 0 Å². The molecule has 2 aromatic carbocycles. The average molecular weight is 293 g/mol. The zero-order valence-electron chi connectivity index (χ0n) is 10.9. The predicted molar refractivity (Wildman–Crippen MR) is 79.6 cm³/mol. The van der Waals surface area contributed by atoms with E-state index in [0.29, 0.717) is 28.5 Å². The van der Waals surface area contributed by atoms with Crippen molar-refractivity contribution in [1.82, 2.24) is 0 Å². The fraction of sp³-hybridized carbons (Fsp3) is 0.133. The summed E-state index contributed by atoms with van der Waals surface area (Å²) in [5.41, 5.74) is 6.96. The predicted octanol–water partition coefficient (Wildman–Crippen LogP) is 3.73. The Morgan fingerprint density at radius 2 is 2.05 bits per heavy atom. The Kier molecular flexibility index (Phi) is 4.25. The fourth-order valence-electron chi connectivity index (χ4n) is 1.96. The molecule has 104 valence electrons. The normalized spacial score (nSPS) is 10.3. The molecular formula is C15H14ClFN2O. The largest absolute Gasteiger partial charge is 0.398 e. The van der Waals surface area contributed by atoms with E-state index >= 15 is 0 Å². The molecule has 2 aromatic rings. The van der Waals surface area contributed by atoms with Gasteiger partial charge < -0.3 is 10.6 Å². The molecule has 5 heteroatoms. The van der Waals surface area contributed by atoms with E-state index in [2.05, 4.69) is 0 Å². The van der Waals surface area contributed by atoms with Crippen LogP contribution in [-0.4, -0.2) is 12.5 Å². The molecule has 0 atom stereocenters. The van der Waals surface area contributed by atoms with Crippen molar-refractivity contribution in [2.75, 3.05) is 17.2 Å². The van der Waals surface area contributed by atoms with Crippen molar-refractivity contribution in [3.8, 4) is 0 Å².